The molecule has 1 aliphatic rings. The SMILES string of the molecule is CC1(NS(=O)(=O)c2ccc(C(N)=S)c(Cl)c2)CCOC1. The molecule has 0 spiro atoms. The summed E-state index contributed by atoms with van der Waals surface area (Å²) in [7, 11) is -3.67. The Morgan fingerprint density at radius 2 is 2.25 bits per heavy atom. The van der Waals surface area contributed by atoms with Crippen molar-refractivity contribution in [3.63, 3.8) is 0 Å². The van der Waals surface area contributed by atoms with Gasteiger partial charge in [0.05, 0.1) is 22.1 Å². The van der Waals surface area contributed by atoms with Crippen LogP contribution in [0.2, 0.25) is 5.02 Å². The maximum Gasteiger partial charge on any atom is 0.241 e. The van der Waals surface area contributed by atoms with Crippen molar-refractivity contribution in [2.45, 2.75) is 23.8 Å². The average Bonchev–Trinajstić information content (AvgIpc) is 2.74. The average molecular weight is 335 g/mol. The summed E-state index contributed by atoms with van der Waals surface area (Å²) in [5.41, 5.74) is 5.36. The molecule has 110 valence electrons. The number of hydrogen-bond donors (Lipinski definition) is 2. The highest BCUT2D eigenvalue weighted by atomic mass is 35.5. The Balaban J connectivity index is 2.30. The molecule has 20 heavy (non-hydrogen) atoms. The molecule has 1 saturated heterocycles. The zero-order chi connectivity index (χ0) is 15.0. The zero-order valence-electron chi connectivity index (χ0n) is 10.8. The molecule has 0 aliphatic carbocycles. The van der Waals surface area contributed by atoms with E-state index in [2.05, 4.69) is 4.72 Å². The first-order valence-electron chi connectivity index (χ1n) is 5.95. The molecule has 1 unspecified atom stereocenters. The third kappa shape index (κ3) is 3.29. The molecular weight excluding hydrogens is 320 g/mol. The molecule has 0 bridgehead atoms. The normalized spacial score (nSPS) is 22.9. The Kier molecular flexibility index (Phi) is 4.36. The Morgan fingerprint density at radius 1 is 1.55 bits per heavy atom. The Hall–Kier alpha value is -0.730. The van der Waals surface area contributed by atoms with Crippen LogP contribution in [0.5, 0.6) is 0 Å². The van der Waals surface area contributed by atoms with Gasteiger partial charge in [-0.15, -0.1) is 0 Å². The van der Waals surface area contributed by atoms with E-state index >= 15 is 0 Å². The first-order chi connectivity index (χ1) is 9.23. The van der Waals surface area contributed by atoms with Gasteiger partial charge in [0.2, 0.25) is 10.0 Å². The number of rotatable bonds is 4. The van der Waals surface area contributed by atoms with Gasteiger partial charge in [0, 0.05) is 12.2 Å². The summed E-state index contributed by atoms with van der Waals surface area (Å²) in [6.07, 6.45) is 0.630. The van der Waals surface area contributed by atoms with Gasteiger partial charge in [0.15, 0.2) is 0 Å². The van der Waals surface area contributed by atoms with Crippen LogP contribution >= 0.6 is 23.8 Å². The van der Waals surface area contributed by atoms with Crippen molar-refractivity contribution in [1.82, 2.24) is 4.72 Å². The molecule has 1 fully saturated rings. The van der Waals surface area contributed by atoms with Gasteiger partial charge in [-0.25, -0.2) is 13.1 Å². The van der Waals surface area contributed by atoms with Crippen LogP contribution in [0, 0.1) is 0 Å². The van der Waals surface area contributed by atoms with Crippen molar-refractivity contribution in [3.05, 3.63) is 28.8 Å². The second kappa shape index (κ2) is 5.57. The van der Waals surface area contributed by atoms with Crippen LogP contribution in [-0.2, 0) is 14.8 Å². The topological polar surface area (TPSA) is 81.4 Å². The quantitative estimate of drug-likeness (QED) is 0.814. The molecule has 0 aromatic heterocycles. The number of nitrogens with one attached hydrogen (secondary N) is 1. The fourth-order valence-corrected chi connectivity index (χ4v) is 4.02. The van der Waals surface area contributed by atoms with Gasteiger partial charge < -0.3 is 10.5 Å². The molecule has 1 atom stereocenters. The van der Waals surface area contributed by atoms with E-state index in [-0.39, 0.29) is 14.9 Å². The summed E-state index contributed by atoms with van der Waals surface area (Å²) >= 11 is 10.8. The van der Waals surface area contributed by atoms with Crippen LogP contribution in [0.25, 0.3) is 0 Å². The van der Waals surface area contributed by atoms with Crippen molar-refractivity contribution >= 4 is 38.8 Å². The van der Waals surface area contributed by atoms with Crippen LogP contribution in [0.1, 0.15) is 18.9 Å². The van der Waals surface area contributed by atoms with Gasteiger partial charge >= 0.3 is 0 Å². The third-order valence-electron chi connectivity index (χ3n) is 3.12. The van der Waals surface area contributed by atoms with Crippen LogP contribution in [-0.4, -0.2) is 32.2 Å². The van der Waals surface area contributed by atoms with E-state index in [1.807, 2.05) is 6.92 Å². The second-order valence-corrected chi connectivity index (χ2v) is 7.50. The highest BCUT2D eigenvalue weighted by Crippen LogP contribution is 2.24. The molecule has 0 saturated carbocycles. The van der Waals surface area contributed by atoms with Crippen molar-refractivity contribution in [2.24, 2.45) is 5.73 Å². The number of hydrogen-bond acceptors (Lipinski definition) is 4. The number of halogens is 1. The van der Waals surface area contributed by atoms with E-state index in [0.29, 0.717) is 25.2 Å². The van der Waals surface area contributed by atoms with Crippen LogP contribution in [0.15, 0.2) is 23.1 Å². The van der Waals surface area contributed by atoms with Gasteiger partial charge in [0.1, 0.15) is 4.99 Å². The summed E-state index contributed by atoms with van der Waals surface area (Å²) in [6, 6.07) is 4.28. The van der Waals surface area contributed by atoms with E-state index in [0.717, 1.165) is 0 Å². The monoisotopic (exact) mass is 334 g/mol. The lowest BCUT2D eigenvalue weighted by molar-refractivity contribution is 0.178. The molecule has 8 heteroatoms. The summed E-state index contributed by atoms with van der Waals surface area (Å²) < 4.78 is 32.6. The van der Waals surface area contributed by atoms with E-state index in [4.69, 9.17) is 34.3 Å². The maximum absolute atomic E-state index is 12.3. The number of nitrogens with two attached hydrogens (primary N) is 1. The van der Waals surface area contributed by atoms with Crippen molar-refractivity contribution in [3.8, 4) is 0 Å². The lowest BCUT2D eigenvalue weighted by atomic mass is 10.0. The minimum absolute atomic E-state index is 0.0793. The molecule has 2 rings (SSSR count). The number of thiocarbonyl (C=S) groups is 1. The van der Waals surface area contributed by atoms with Crippen LogP contribution in [0.4, 0.5) is 0 Å². The van der Waals surface area contributed by atoms with Gasteiger partial charge in [-0.05, 0) is 31.5 Å². The maximum atomic E-state index is 12.3. The molecule has 0 amide bonds. The number of ether oxygens (including phenoxy) is 1. The molecule has 1 aromatic carbocycles. The minimum Gasteiger partial charge on any atom is -0.389 e. The van der Waals surface area contributed by atoms with Crippen LogP contribution in [0.3, 0.4) is 0 Å². The molecule has 0 radical (unpaired) electrons. The molecular formula is C12H15ClN2O3S2. The van der Waals surface area contributed by atoms with Gasteiger partial charge in [-0.3, -0.25) is 0 Å². The second-order valence-electron chi connectivity index (χ2n) is 4.97. The smallest absolute Gasteiger partial charge is 0.241 e. The minimum atomic E-state index is -3.67. The molecule has 1 heterocycles. The van der Waals surface area contributed by atoms with E-state index < -0.39 is 15.6 Å². The van der Waals surface area contributed by atoms with Gasteiger partial charge in [0.25, 0.3) is 0 Å². The van der Waals surface area contributed by atoms with Gasteiger partial charge in [-0.2, -0.15) is 0 Å². The summed E-state index contributed by atoms with van der Waals surface area (Å²) in [5, 5.41) is 0.216. The van der Waals surface area contributed by atoms with Crippen molar-refractivity contribution in [1.29, 1.82) is 0 Å². The standard InChI is InChI=1S/C12H15ClN2O3S2/c1-12(4-5-18-7-12)15-20(16,17)8-2-3-9(11(14)19)10(13)6-8/h2-3,6,15H,4-5,7H2,1H3,(H2,14,19). The van der Waals surface area contributed by atoms with E-state index in [9.17, 15) is 8.42 Å². The van der Waals surface area contributed by atoms with Crippen LogP contribution < -0.4 is 10.5 Å². The van der Waals surface area contributed by atoms with E-state index in [1.165, 1.54) is 18.2 Å². The number of benzene rings is 1. The first kappa shape index (κ1) is 15.7. The Bertz CT molecular complexity index is 640. The highest BCUT2D eigenvalue weighted by Gasteiger charge is 2.34. The van der Waals surface area contributed by atoms with Crippen molar-refractivity contribution < 1.29 is 13.2 Å². The van der Waals surface area contributed by atoms with Crippen molar-refractivity contribution in [2.75, 3.05) is 13.2 Å². The predicted octanol–water partition coefficient (Wildman–Crippen LogP) is 1.43. The largest absolute Gasteiger partial charge is 0.389 e. The zero-order valence-corrected chi connectivity index (χ0v) is 13.2. The lowest BCUT2D eigenvalue weighted by Gasteiger charge is -2.23. The first-order valence-corrected chi connectivity index (χ1v) is 8.22. The summed E-state index contributed by atoms with van der Waals surface area (Å²) in [6.45, 7) is 2.70. The summed E-state index contributed by atoms with van der Waals surface area (Å²) in [4.78, 5) is 0.207. The fraction of sp³-hybridized carbons (Fsp3) is 0.417. The molecule has 3 N–H and O–H groups in total. The Morgan fingerprint density at radius 3 is 2.75 bits per heavy atom. The Labute approximate surface area is 128 Å². The highest BCUT2D eigenvalue weighted by molar-refractivity contribution is 7.89. The molecule has 5 nitrogen and oxygen atoms in total. The van der Waals surface area contributed by atoms with E-state index in [1.54, 1.807) is 0 Å². The molecule has 1 aromatic rings. The lowest BCUT2D eigenvalue weighted by Crippen LogP contribution is -2.46. The van der Waals surface area contributed by atoms with Gasteiger partial charge in [-0.1, -0.05) is 23.8 Å². The third-order valence-corrected chi connectivity index (χ3v) is 5.28. The molecule has 1 aliphatic heterocycles. The number of sulfonamides is 1. The predicted molar refractivity (Wildman–Crippen MR) is 81.5 cm³/mol. The fourth-order valence-electron chi connectivity index (χ4n) is 1.99. The summed E-state index contributed by atoms with van der Waals surface area (Å²) in [5.74, 6) is 0.